The van der Waals surface area contributed by atoms with Crippen molar-refractivity contribution in [3.63, 3.8) is 0 Å². The molecule has 2 heterocycles. The van der Waals surface area contributed by atoms with Crippen LogP contribution in [0.25, 0.3) is 16.6 Å². The van der Waals surface area contributed by atoms with Crippen LogP contribution < -0.4 is 10.8 Å². The number of anilines is 1. The van der Waals surface area contributed by atoms with Gasteiger partial charge in [0.1, 0.15) is 17.2 Å². The maximum atomic E-state index is 11.3. The van der Waals surface area contributed by atoms with Crippen LogP contribution in [-0.4, -0.2) is 32.2 Å². The molecule has 120 valence electrons. The Kier molecular flexibility index (Phi) is 4.03. The summed E-state index contributed by atoms with van der Waals surface area (Å²) in [5, 5.41) is 22.8. The highest BCUT2D eigenvalue weighted by molar-refractivity contribution is 5.89. The third-order valence-corrected chi connectivity index (χ3v) is 3.68. The fourth-order valence-electron chi connectivity index (χ4n) is 2.71. The monoisotopic (exact) mass is 314 g/mol. The van der Waals surface area contributed by atoms with Crippen LogP contribution in [0.4, 0.5) is 5.82 Å². The summed E-state index contributed by atoms with van der Waals surface area (Å²) < 4.78 is 1.81. The Bertz CT molecular complexity index is 873. The van der Waals surface area contributed by atoms with E-state index in [0.717, 1.165) is 23.9 Å². The molecule has 0 fully saturated rings. The number of aromatic hydroxyl groups is 1. The molecule has 0 bridgehead atoms. The third kappa shape index (κ3) is 2.66. The predicted octanol–water partition coefficient (Wildman–Crippen LogP) is 2.06. The smallest absolute Gasteiger partial charge is 0.262 e. The number of nitrogens with zero attached hydrogens (tertiary/aromatic N) is 2. The van der Waals surface area contributed by atoms with Crippen LogP contribution >= 0.6 is 0 Å². The molecular weight excluding hydrogens is 296 g/mol. The van der Waals surface area contributed by atoms with Gasteiger partial charge in [0.05, 0.1) is 17.8 Å². The molecule has 23 heavy (non-hydrogen) atoms. The Balaban J connectivity index is 2.23. The second kappa shape index (κ2) is 6.13. The number of hydrogen-bond acceptors (Lipinski definition) is 5. The molecule has 0 unspecified atom stereocenters. The van der Waals surface area contributed by atoms with Crippen molar-refractivity contribution in [2.75, 3.05) is 11.9 Å². The van der Waals surface area contributed by atoms with Crippen molar-refractivity contribution in [1.29, 1.82) is 0 Å². The van der Waals surface area contributed by atoms with Gasteiger partial charge >= 0.3 is 0 Å². The highest BCUT2D eigenvalue weighted by Gasteiger charge is 2.16. The summed E-state index contributed by atoms with van der Waals surface area (Å²) in [6.07, 6.45) is 1.63. The number of amides is 1. The second-order valence-electron chi connectivity index (χ2n) is 5.29. The molecule has 0 radical (unpaired) electrons. The van der Waals surface area contributed by atoms with E-state index < -0.39 is 5.91 Å². The van der Waals surface area contributed by atoms with Gasteiger partial charge in [0, 0.05) is 5.39 Å². The van der Waals surface area contributed by atoms with E-state index in [0.29, 0.717) is 17.0 Å². The Labute approximate surface area is 132 Å². The van der Waals surface area contributed by atoms with Crippen LogP contribution in [0.5, 0.6) is 5.75 Å². The molecule has 1 aromatic carbocycles. The zero-order chi connectivity index (χ0) is 16.4. The molecule has 0 spiro atoms. The maximum absolute atomic E-state index is 11.3. The number of phenols is 1. The van der Waals surface area contributed by atoms with Crippen molar-refractivity contribution in [3.8, 4) is 5.75 Å². The summed E-state index contributed by atoms with van der Waals surface area (Å²) in [7, 11) is 0. The molecule has 4 N–H and O–H groups in total. The van der Waals surface area contributed by atoms with Crippen LogP contribution in [0, 0.1) is 0 Å². The predicted molar refractivity (Wildman–Crippen MR) is 86.8 cm³/mol. The van der Waals surface area contributed by atoms with E-state index in [-0.39, 0.29) is 12.3 Å². The molecule has 0 aliphatic rings. The molecule has 3 aromatic rings. The standard InChI is InChI=1S/C16H18N4O3/c1-2-4-11-16(17-9-14(22)19-23)20-13(18-11)8-7-10-5-3-6-12(21)15(10)20/h3,5-8,17,21,23H,2,4,9H2,1H3,(H,19,22). The highest BCUT2D eigenvalue weighted by Crippen LogP contribution is 2.30. The van der Waals surface area contributed by atoms with Gasteiger partial charge in [-0.3, -0.25) is 14.4 Å². The van der Waals surface area contributed by atoms with Gasteiger partial charge in [-0.05, 0) is 24.6 Å². The molecule has 0 saturated heterocycles. The van der Waals surface area contributed by atoms with Gasteiger partial charge in [-0.15, -0.1) is 0 Å². The summed E-state index contributed by atoms with van der Waals surface area (Å²) in [5.41, 5.74) is 3.73. The fourth-order valence-corrected chi connectivity index (χ4v) is 2.71. The molecule has 7 heteroatoms. The second-order valence-corrected chi connectivity index (χ2v) is 5.29. The quantitative estimate of drug-likeness (QED) is 0.427. The first-order valence-corrected chi connectivity index (χ1v) is 7.44. The van der Waals surface area contributed by atoms with Crippen LogP contribution in [-0.2, 0) is 11.2 Å². The van der Waals surface area contributed by atoms with E-state index in [4.69, 9.17) is 5.21 Å². The maximum Gasteiger partial charge on any atom is 0.262 e. The number of nitrogens with one attached hydrogen (secondary N) is 2. The van der Waals surface area contributed by atoms with Crippen LogP contribution in [0.2, 0.25) is 0 Å². The number of aromatic nitrogens is 2. The average molecular weight is 314 g/mol. The zero-order valence-electron chi connectivity index (χ0n) is 12.7. The lowest BCUT2D eigenvalue weighted by Gasteiger charge is -2.10. The van der Waals surface area contributed by atoms with Gasteiger partial charge in [0.25, 0.3) is 5.91 Å². The SMILES string of the molecule is CCCc1nc2ccc3cccc(O)c3n2c1NCC(=O)NO. The normalized spacial score (nSPS) is 11.0. The van der Waals surface area contributed by atoms with Gasteiger partial charge in [-0.25, -0.2) is 10.5 Å². The summed E-state index contributed by atoms with van der Waals surface area (Å²) in [6.45, 7) is 1.95. The Morgan fingerprint density at radius 2 is 2.13 bits per heavy atom. The van der Waals surface area contributed by atoms with Gasteiger partial charge < -0.3 is 10.4 Å². The van der Waals surface area contributed by atoms with Crippen LogP contribution in [0.3, 0.4) is 0 Å². The van der Waals surface area contributed by atoms with E-state index in [1.807, 2.05) is 25.1 Å². The number of phenolic OH excluding ortho intramolecular Hbond substituents is 1. The number of rotatable bonds is 5. The molecule has 1 amide bonds. The van der Waals surface area contributed by atoms with Gasteiger partial charge in [0.15, 0.2) is 0 Å². The minimum Gasteiger partial charge on any atom is -0.506 e. The summed E-state index contributed by atoms with van der Waals surface area (Å²) >= 11 is 0. The number of carbonyl (C=O) groups excluding carboxylic acids is 1. The third-order valence-electron chi connectivity index (χ3n) is 3.68. The average Bonchev–Trinajstić information content (AvgIpc) is 2.90. The molecule has 0 aliphatic heterocycles. The minimum atomic E-state index is -0.549. The number of para-hydroxylation sites is 1. The number of benzene rings is 1. The summed E-state index contributed by atoms with van der Waals surface area (Å²) in [4.78, 5) is 15.9. The fraction of sp³-hybridized carbons (Fsp3) is 0.250. The van der Waals surface area contributed by atoms with E-state index in [9.17, 15) is 9.90 Å². The number of imidazole rings is 1. The van der Waals surface area contributed by atoms with E-state index in [1.54, 1.807) is 22.0 Å². The van der Waals surface area contributed by atoms with Crippen molar-refractivity contribution in [1.82, 2.24) is 14.9 Å². The van der Waals surface area contributed by atoms with Crippen LogP contribution in [0.1, 0.15) is 19.0 Å². The number of hydroxylamine groups is 1. The first-order chi connectivity index (χ1) is 11.2. The van der Waals surface area contributed by atoms with Crippen molar-refractivity contribution < 1.29 is 15.1 Å². The number of carbonyl (C=O) groups is 1. The molecule has 0 atom stereocenters. The number of fused-ring (bicyclic) bond motifs is 3. The molecule has 7 nitrogen and oxygen atoms in total. The highest BCUT2D eigenvalue weighted by atomic mass is 16.5. The number of aryl methyl sites for hydroxylation is 1. The Hall–Kier alpha value is -2.80. The molecule has 0 aliphatic carbocycles. The van der Waals surface area contributed by atoms with Crippen molar-refractivity contribution in [3.05, 3.63) is 36.0 Å². The lowest BCUT2D eigenvalue weighted by atomic mass is 10.2. The summed E-state index contributed by atoms with van der Waals surface area (Å²) in [5.74, 6) is 0.243. The lowest BCUT2D eigenvalue weighted by molar-refractivity contribution is -0.127. The van der Waals surface area contributed by atoms with E-state index in [1.165, 1.54) is 0 Å². The topological polar surface area (TPSA) is 98.9 Å². The first kappa shape index (κ1) is 15.1. The largest absolute Gasteiger partial charge is 0.506 e. The van der Waals surface area contributed by atoms with E-state index in [2.05, 4.69) is 10.3 Å². The summed E-state index contributed by atoms with van der Waals surface area (Å²) in [6, 6.07) is 9.07. The number of pyridine rings is 1. The van der Waals surface area contributed by atoms with E-state index >= 15 is 0 Å². The van der Waals surface area contributed by atoms with Crippen molar-refractivity contribution in [2.24, 2.45) is 0 Å². The van der Waals surface area contributed by atoms with Gasteiger partial charge in [0.2, 0.25) is 0 Å². The van der Waals surface area contributed by atoms with Gasteiger partial charge in [-0.2, -0.15) is 0 Å². The number of hydrogen-bond donors (Lipinski definition) is 4. The van der Waals surface area contributed by atoms with Crippen molar-refractivity contribution in [2.45, 2.75) is 19.8 Å². The molecule has 0 saturated carbocycles. The van der Waals surface area contributed by atoms with Crippen molar-refractivity contribution >= 4 is 28.3 Å². The first-order valence-electron chi connectivity index (χ1n) is 7.44. The Morgan fingerprint density at radius 1 is 1.30 bits per heavy atom. The lowest BCUT2D eigenvalue weighted by Crippen LogP contribution is -2.27. The zero-order valence-corrected chi connectivity index (χ0v) is 12.7. The Morgan fingerprint density at radius 3 is 2.87 bits per heavy atom. The molecule has 3 rings (SSSR count). The van der Waals surface area contributed by atoms with Gasteiger partial charge in [-0.1, -0.05) is 25.5 Å². The minimum absolute atomic E-state index is 0.0923. The molecular formula is C16H18N4O3. The molecule has 2 aromatic heterocycles. The van der Waals surface area contributed by atoms with Crippen LogP contribution in [0.15, 0.2) is 30.3 Å².